The summed E-state index contributed by atoms with van der Waals surface area (Å²) in [4.78, 5) is 16.6. The van der Waals surface area contributed by atoms with E-state index in [0.29, 0.717) is 6.04 Å². The van der Waals surface area contributed by atoms with Crippen molar-refractivity contribution < 1.29 is 9.90 Å². The van der Waals surface area contributed by atoms with Crippen molar-refractivity contribution in [2.24, 2.45) is 0 Å². The minimum Gasteiger partial charge on any atom is -0.477 e. The van der Waals surface area contributed by atoms with Crippen LogP contribution in [0.15, 0.2) is 18.3 Å². The highest BCUT2D eigenvalue weighted by Crippen LogP contribution is 2.10. The monoisotopic (exact) mass is 237 g/mol. The normalized spacial score (nSPS) is 12.5. The van der Waals surface area contributed by atoms with Gasteiger partial charge in [0, 0.05) is 17.9 Å². The lowest BCUT2D eigenvalue weighted by atomic mass is 10.2. The Hall–Kier alpha value is -1.62. The van der Waals surface area contributed by atoms with E-state index in [1.54, 1.807) is 12.1 Å². The molecule has 0 bridgehead atoms. The molecule has 0 saturated carbocycles. The Morgan fingerprint density at radius 3 is 2.88 bits per heavy atom. The number of hydrogen-bond donors (Lipinski definition) is 2. The summed E-state index contributed by atoms with van der Waals surface area (Å²) in [6, 6.07) is 3.62. The van der Waals surface area contributed by atoms with Crippen molar-refractivity contribution in [1.29, 1.82) is 0 Å². The third-order valence-electron chi connectivity index (χ3n) is 2.40. The number of hydrogen-bond acceptors (Lipinski definition) is 4. The number of rotatable bonds is 6. The first-order valence-electron chi connectivity index (χ1n) is 5.59. The fourth-order valence-corrected chi connectivity index (χ4v) is 1.45. The Kier molecular flexibility index (Phi) is 4.90. The summed E-state index contributed by atoms with van der Waals surface area (Å²) in [6.07, 6.45) is 2.50. The molecule has 5 heteroatoms. The maximum Gasteiger partial charge on any atom is 0.354 e. The van der Waals surface area contributed by atoms with Gasteiger partial charge in [-0.15, -0.1) is 0 Å². The molecule has 1 rings (SSSR count). The average molecular weight is 237 g/mol. The van der Waals surface area contributed by atoms with E-state index in [2.05, 4.69) is 22.1 Å². The van der Waals surface area contributed by atoms with Crippen molar-refractivity contribution in [2.75, 3.05) is 26.0 Å². The summed E-state index contributed by atoms with van der Waals surface area (Å²) in [5, 5.41) is 12.1. The molecule has 1 atom stereocenters. The Bertz CT molecular complexity index is 380. The van der Waals surface area contributed by atoms with Gasteiger partial charge >= 0.3 is 5.97 Å². The number of carbonyl (C=O) groups is 1. The summed E-state index contributed by atoms with van der Waals surface area (Å²) in [6.45, 7) is 3.06. The predicted molar refractivity (Wildman–Crippen MR) is 67.5 cm³/mol. The molecule has 2 N–H and O–H groups in total. The van der Waals surface area contributed by atoms with Crippen molar-refractivity contribution in [3.05, 3.63) is 24.0 Å². The van der Waals surface area contributed by atoms with Gasteiger partial charge in [-0.1, -0.05) is 0 Å². The molecule has 0 amide bonds. The standard InChI is InChI=1S/C12H19N3O2/c1-9(5-7-15(2)3)14-10-4-6-13-11(8-10)12(16)17/h4,6,8-9H,5,7H2,1-3H3,(H,13,14)(H,16,17). The zero-order valence-corrected chi connectivity index (χ0v) is 10.5. The average Bonchev–Trinajstić information content (AvgIpc) is 2.26. The smallest absolute Gasteiger partial charge is 0.354 e. The van der Waals surface area contributed by atoms with Gasteiger partial charge in [0.1, 0.15) is 5.69 Å². The highest BCUT2D eigenvalue weighted by molar-refractivity contribution is 5.86. The highest BCUT2D eigenvalue weighted by Gasteiger charge is 2.07. The molecule has 1 aromatic heterocycles. The van der Waals surface area contributed by atoms with Crippen LogP contribution >= 0.6 is 0 Å². The Morgan fingerprint density at radius 1 is 1.59 bits per heavy atom. The van der Waals surface area contributed by atoms with Gasteiger partial charge in [-0.2, -0.15) is 0 Å². The predicted octanol–water partition coefficient (Wildman–Crippen LogP) is 1.53. The molecule has 0 aliphatic carbocycles. The maximum absolute atomic E-state index is 10.8. The van der Waals surface area contributed by atoms with Gasteiger partial charge in [0.15, 0.2) is 0 Å². The summed E-state index contributed by atoms with van der Waals surface area (Å²) in [7, 11) is 4.06. The van der Waals surface area contributed by atoms with Crippen LogP contribution in [0.3, 0.4) is 0 Å². The molecule has 94 valence electrons. The van der Waals surface area contributed by atoms with Gasteiger partial charge in [-0.05, 0) is 46.1 Å². The number of carboxylic acids is 1. The van der Waals surface area contributed by atoms with Crippen LogP contribution in [0.1, 0.15) is 23.8 Å². The molecule has 5 nitrogen and oxygen atoms in total. The van der Waals surface area contributed by atoms with Crippen LogP contribution in [0.2, 0.25) is 0 Å². The van der Waals surface area contributed by atoms with Gasteiger partial charge in [0.05, 0.1) is 0 Å². The van der Waals surface area contributed by atoms with Gasteiger partial charge < -0.3 is 15.3 Å². The molecule has 1 heterocycles. The van der Waals surface area contributed by atoms with Crippen molar-refractivity contribution in [1.82, 2.24) is 9.88 Å². The molecular formula is C12H19N3O2. The van der Waals surface area contributed by atoms with Gasteiger partial charge in [0.25, 0.3) is 0 Å². The summed E-state index contributed by atoms with van der Waals surface area (Å²) in [5.74, 6) is -1.01. The van der Waals surface area contributed by atoms with E-state index < -0.39 is 5.97 Å². The first-order valence-corrected chi connectivity index (χ1v) is 5.59. The minimum absolute atomic E-state index is 0.0646. The quantitative estimate of drug-likeness (QED) is 0.785. The number of carboxylic acid groups (broad SMARTS) is 1. The zero-order valence-electron chi connectivity index (χ0n) is 10.5. The van der Waals surface area contributed by atoms with Gasteiger partial charge in [-0.3, -0.25) is 0 Å². The molecule has 0 saturated heterocycles. The Labute approximate surface area is 101 Å². The molecule has 0 aliphatic heterocycles. The Balaban J connectivity index is 2.56. The first kappa shape index (κ1) is 13.4. The van der Waals surface area contributed by atoms with Crippen molar-refractivity contribution in [2.45, 2.75) is 19.4 Å². The van der Waals surface area contributed by atoms with E-state index in [1.807, 2.05) is 14.1 Å². The van der Waals surface area contributed by atoms with Gasteiger partial charge in [-0.25, -0.2) is 9.78 Å². The van der Waals surface area contributed by atoms with Crippen LogP contribution in [0.25, 0.3) is 0 Å². The number of nitrogens with one attached hydrogen (secondary N) is 1. The molecular weight excluding hydrogens is 218 g/mol. The molecule has 0 aliphatic rings. The number of aromatic nitrogens is 1. The first-order chi connectivity index (χ1) is 7.99. The summed E-state index contributed by atoms with van der Waals surface area (Å²) in [5.41, 5.74) is 0.860. The van der Waals surface area contributed by atoms with Crippen molar-refractivity contribution >= 4 is 11.7 Å². The van der Waals surface area contributed by atoms with Crippen LogP contribution in [-0.2, 0) is 0 Å². The van der Waals surface area contributed by atoms with E-state index in [1.165, 1.54) is 6.20 Å². The van der Waals surface area contributed by atoms with Crippen LogP contribution in [0, 0.1) is 0 Å². The lowest BCUT2D eigenvalue weighted by Gasteiger charge is -2.17. The van der Waals surface area contributed by atoms with Crippen molar-refractivity contribution in [3.63, 3.8) is 0 Å². The van der Waals surface area contributed by atoms with E-state index in [0.717, 1.165) is 18.7 Å². The lowest BCUT2D eigenvalue weighted by molar-refractivity contribution is 0.0690. The maximum atomic E-state index is 10.8. The largest absolute Gasteiger partial charge is 0.477 e. The molecule has 1 unspecified atom stereocenters. The topological polar surface area (TPSA) is 65.5 Å². The third kappa shape index (κ3) is 4.82. The SMILES string of the molecule is CC(CCN(C)C)Nc1ccnc(C(=O)O)c1. The minimum atomic E-state index is -1.01. The fourth-order valence-electron chi connectivity index (χ4n) is 1.45. The van der Waals surface area contributed by atoms with E-state index >= 15 is 0 Å². The second-order valence-electron chi connectivity index (χ2n) is 4.37. The second-order valence-corrected chi connectivity index (χ2v) is 4.37. The van der Waals surface area contributed by atoms with Crippen LogP contribution in [0.5, 0.6) is 0 Å². The van der Waals surface area contributed by atoms with E-state index in [4.69, 9.17) is 5.11 Å². The second kappa shape index (κ2) is 6.20. The fraction of sp³-hybridized carbons (Fsp3) is 0.500. The highest BCUT2D eigenvalue weighted by atomic mass is 16.4. The lowest BCUT2D eigenvalue weighted by Crippen LogP contribution is -2.23. The molecule has 17 heavy (non-hydrogen) atoms. The van der Waals surface area contributed by atoms with Crippen LogP contribution in [0.4, 0.5) is 5.69 Å². The van der Waals surface area contributed by atoms with E-state index in [9.17, 15) is 4.79 Å². The number of pyridine rings is 1. The van der Waals surface area contributed by atoms with Crippen molar-refractivity contribution in [3.8, 4) is 0 Å². The van der Waals surface area contributed by atoms with Crippen LogP contribution < -0.4 is 5.32 Å². The third-order valence-corrected chi connectivity index (χ3v) is 2.40. The molecule has 1 aromatic rings. The summed E-state index contributed by atoms with van der Waals surface area (Å²) < 4.78 is 0. The zero-order chi connectivity index (χ0) is 12.8. The molecule has 0 radical (unpaired) electrons. The van der Waals surface area contributed by atoms with Crippen LogP contribution in [-0.4, -0.2) is 47.6 Å². The number of aromatic carboxylic acids is 1. The number of anilines is 1. The summed E-state index contributed by atoms with van der Waals surface area (Å²) >= 11 is 0. The Morgan fingerprint density at radius 2 is 2.29 bits per heavy atom. The van der Waals surface area contributed by atoms with E-state index in [-0.39, 0.29) is 5.69 Å². The molecule has 0 aromatic carbocycles. The van der Waals surface area contributed by atoms with Gasteiger partial charge in [0.2, 0.25) is 0 Å². The number of nitrogens with zero attached hydrogens (tertiary/aromatic N) is 2. The molecule has 0 spiro atoms. The molecule has 0 fully saturated rings.